The second kappa shape index (κ2) is 7.71. The predicted molar refractivity (Wildman–Crippen MR) is 89.7 cm³/mol. The fourth-order valence-electron chi connectivity index (χ4n) is 1.60. The summed E-state index contributed by atoms with van der Waals surface area (Å²) in [6.45, 7) is 4.13. The Balaban J connectivity index is 3.00. The molecule has 21 heavy (non-hydrogen) atoms. The van der Waals surface area contributed by atoms with E-state index < -0.39 is 10.0 Å². The minimum Gasteiger partial charge on any atom is -0.355 e. The molecule has 1 rings (SSSR count). The number of aryl methyl sites for hydroxylation is 1. The van der Waals surface area contributed by atoms with Gasteiger partial charge in [0.25, 0.3) is 0 Å². The van der Waals surface area contributed by atoms with Gasteiger partial charge in [0.15, 0.2) is 0 Å². The van der Waals surface area contributed by atoms with Gasteiger partial charge in [-0.05, 0) is 47.0 Å². The Morgan fingerprint density at radius 2 is 1.90 bits per heavy atom. The number of nitrogens with zero attached hydrogens (tertiary/aromatic N) is 1. The van der Waals surface area contributed by atoms with E-state index in [1.165, 1.54) is 13.1 Å². The van der Waals surface area contributed by atoms with Crippen LogP contribution in [0.1, 0.15) is 18.9 Å². The number of rotatable bonds is 6. The van der Waals surface area contributed by atoms with Crippen molar-refractivity contribution in [2.45, 2.75) is 25.2 Å². The molecule has 0 aliphatic heterocycles. The molecule has 0 unspecified atom stereocenters. The summed E-state index contributed by atoms with van der Waals surface area (Å²) in [6, 6.07) is 3.26. The normalized spacial score (nSPS) is 11.7. The van der Waals surface area contributed by atoms with Crippen LogP contribution >= 0.6 is 31.9 Å². The highest BCUT2D eigenvalue weighted by atomic mass is 79.9. The Morgan fingerprint density at radius 1 is 1.29 bits per heavy atom. The van der Waals surface area contributed by atoms with E-state index in [9.17, 15) is 13.2 Å². The number of sulfonamides is 1. The number of carbonyl (C=O) groups excluding carboxylic acids is 1. The van der Waals surface area contributed by atoms with E-state index in [1.54, 1.807) is 6.07 Å². The quantitative estimate of drug-likeness (QED) is 0.737. The molecule has 0 saturated heterocycles. The fourth-order valence-corrected chi connectivity index (χ4v) is 4.36. The van der Waals surface area contributed by atoms with Crippen molar-refractivity contribution in [3.05, 3.63) is 26.6 Å². The molecule has 8 heteroatoms. The van der Waals surface area contributed by atoms with Gasteiger partial charge in [0, 0.05) is 22.5 Å². The van der Waals surface area contributed by atoms with Crippen molar-refractivity contribution in [3.8, 4) is 0 Å². The highest BCUT2D eigenvalue weighted by Gasteiger charge is 2.25. The summed E-state index contributed by atoms with van der Waals surface area (Å²) in [6.07, 6.45) is 0.804. The minimum atomic E-state index is -3.73. The molecule has 1 N–H and O–H groups in total. The maximum atomic E-state index is 12.5. The van der Waals surface area contributed by atoms with E-state index in [-0.39, 0.29) is 17.3 Å². The lowest BCUT2D eigenvalue weighted by molar-refractivity contribution is -0.121. The standard InChI is InChI=1S/C13H18Br2N2O3S/c1-4-5-16-13(18)8-17(3)21(19,20)12-7-10(14)9(2)6-11(12)15/h6-7H,4-5,8H2,1-3H3,(H,16,18). The van der Waals surface area contributed by atoms with Gasteiger partial charge in [0.1, 0.15) is 0 Å². The zero-order valence-corrected chi connectivity index (χ0v) is 16.1. The highest BCUT2D eigenvalue weighted by molar-refractivity contribution is 9.11. The van der Waals surface area contributed by atoms with Crippen LogP contribution in [0.25, 0.3) is 0 Å². The number of likely N-dealkylation sites (N-methyl/N-ethyl adjacent to an activating group) is 1. The van der Waals surface area contributed by atoms with Gasteiger partial charge in [0.05, 0.1) is 11.4 Å². The third-order valence-corrected chi connectivity index (χ3v) is 6.46. The van der Waals surface area contributed by atoms with Crippen molar-refractivity contribution < 1.29 is 13.2 Å². The summed E-state index contributed by atoms with van der Waals surface area (Å²) >= 11 is 6.59. The molecule has 0 aliphatic rings. The summed E-state index contributed by atoms with van der Waals surface area (Å²) in [7, 11) is -2.34. The Bertz CT molecular complexity index is 633. The summed E-state index contributed by atoms with van der Waals surface area (Å²) in [4.78, 5) is 11.8. The van der Waals surface area contributed by atoms with Crippen LogP contribution in [-0.2, 0) is 14.8 Å². The van der Waals surface area contributed by atoms with Crippen LogP contribution in [0.4, 0.5) is 0 Å². The summed E-state index contributed by atoms with van der Waals surface area (Å²) in [5.74, 6) is -0.315. The first-order chi connectivity index (χ1) is 9.70. The first-order valence-corrected chi connectivity index (χ1v) is 9.41. The summed E-state index contributed by atoms with van der Waals surface area (Å²) in [5, 5.41) is 2.66. The van der Waals surface area contributed by atoms with E-state index in [1.807, 2.05) is 13.8 Å². The number of amides is 1. The van der Waals surface area contributed by atoms with Gasteiger partial charge in [0.2, 0.25) is 15.9 Å². The molecule has 0 heterocycles. The summed E-state index contributed by atoms with van der Waals surface area (Å²) < 4.78 is 27.3. The molecule has 118 valence electrons. The van der Waals surface area contributed by atoms with Gasteiger partial charge in [-0.2, -0.15) is 4.31 Å². The number of benzene rings is 1. The predicted octanol–water partition coefficient (Wildman–Crippen LogP) is 2.67. The van der Waals surface area contributed by atoms with Crippen LogP contribution in [0.15, 0.2) is 26.0 Å². The Hall–Kier alpha value is -0.440. The van der Waals surface area contributed by atoms with Gasteiger partial charge in [-0.15, -0.1) is 0 Å². The molecular weight excluding hydrogens is 424 g/mol. The average molecular weight is 442 g/mol. The van der Waals surface area contributed by atoms with E-state index in [0.29, 0.717) is 15.5 Å². The molecule has 1 amide bonds. The SMILES string of the molecule is CCCNC(=O)CN(C)S(=O)(=O)c1cc(Br)c(C)cc1Br. The maximum Gasteiger partial charge on any atom is 0.244 e. The van der Waals surface area contributed by atoms with E-state index >= 15 is 0 Å². The van der Waals surface area contributed by atoms with Crippen LogP contribution in [0.3, 0.4) is 0 Å². The van der Waals surface area contributed by atoms with Crippen molar-refractivity contribution in [3.63, 3.8) is 0 Å². The average Bonchev–Trinajstić information content (AvgIpc) is 2.40. The van der Waals surface area contributed by atoms with Crippen LogP contribution < -0.4 is 5.32 Å². The maximum absolute atomic E-state index is 12.5. The van der Waals surface area contributed by atoms with Crippen LogP contribution in [0, 0.1) is 6.92 Å². The molecule has 0 spiro atoms. The van der Waals surface area contributed by atoms with Crippen molar-refractivity contribution in [2.24, 2.45) is 0 Å². The number of hydrogen-bond donors (Lipinski definition) is 1. The molecule has 0 atom stereocenters. The third kappa shape index (κ3) is 4.77. The molecule has 0 bridgehead atoms. The second-order valence-corrected chi connectivity index (χ2v) is 8.36. The Kier molecular flexibility index (Phi) is 6.83. The molecule has 0 aromatic heterocycles. The number of nitrogens with one attached hydrogen (secondary N) is 1. The topological polar surface area (TPSA) is 66.5 Å². The fraction of sp³-hybridized carbons (Fsp3) is 0.462. The zero-order chi connectivity index (χ0) is 16.2. The highest BCUT2D eigenvalue weighted by Crippen LogP contribution is 2.30. The van der Waals surface area contributed by atoms with E-state index in [2.05, 4.69) is 37.2 Å². The lowest BCUT2D eigenvalue weighted by Crippen LogP contribution is -2.38. The van der Waals surface area contributed by atoms with Gasteiger partial charge in [-0.3, -0.25) is 4.79 Å². The smallest absolute Gasteiger partial charge is 0.244 e. The van der Waals surface area contributed by atoms with Crippen molar-refractivity contribution in [1.29, 1.82) is 0 Å². The van der Waals surface area contributed by atoms with E-state index in [4.69, 9.17) is 0 Å². The van der Waals surface area contributed by atoms with Crippen molar-refractivity contribution in [1.82, 2.24) is 9.62 Å². The molecule has 0 aliphatic carbocycles. The lowest BCUT2D eigenvalue weighted by atomic mass is 10.2. The van der Waals surface area contributed by atoms with Crippen LogP contribution in [-0.4, -0.2) is 38.8 Å². The van der Waals surface area contributed by atoms with Gasteiger partial charge >= 0.3 is 0 Å². The van der Waals surface area contributed by atoms with Crippen LogP contribution in [0.2, 0.25) is 0 Å². The van der Waals surface area contributed by atoms with Gasteiger partial charge < -0.3 is 5.32 Å². The first-order valence-electron chi connectivity index (χ1n) is 6.38. The zero-order valence-electron chi connectivity index (χ0n) is 12.1. The Labute approximate surface area is 142 Å². The molecule has 1 aromatic rings. The molecule has 0 saturated carbocycles. The van der Waals surface area contributed by atoms with E-state index in [0.717, 1.165) is 16.3 Å². The number of carbonyl (C=O) groups is 1. The summed E-state index contributed by atoms with van der Waals surface area (Å²) in [5.41, 5.74) is 0.921. The molecule has 0 fully saturated rings. The first kappa shape index (κ1) is 18.6. The van der Waals surface area contributed by atoms with Gasteiger partial charge in [-0.25, -0.2) is 8.42 Å². The third-order valence-electron chi connectivity index (χ3n) is 2.84. The number of halogens is 2. The monoisotopic (exact) mass is 440 g/mol. The Morgan fingerprint density at radius 3 is 2.48 bits per heavy atom. The number of hydrogen-bond acceptors (Lipinski definition) is 3. The minimum absolute atomic E-state index is 0.130. The largest absolute Gasteiger partial charge is 0.355 e. The second-order valence-electron chi connectivity index (χ2n) is 4.64. The molecule has 1 aromatic carbocycles. The van der Waals surface area contributed by atoms with Crippen molar-refractivity contribution >= 4 is 47.8 Å². The van der Waals surface area contributed by atoms with Crippen LogP contribution in [0.5, 0.6) is 0 Å². The molecular formula is C13H18Br2N2O3S. The molecule has 0 radical (unpaired) electrons. The van der Waals surface area contributed by atoms with Crippen molar-refractivity contribution in [2.75, 3.05) is 20.1 Å². The van der Waals surface area contributed by atoms with Gasteiger partial charge in [-0.1, -0.05) is 22.9 Å². The lowest BCUT2D eigenvalue weighted by Gasteiger charge is -2.18. The molecule has 5 nitrogen and oxygen atoms in total.